The predicted molar refractivity (Wildman–Crippen MR) is 131 cm³/mol. The molecule has 3 aromatic carbocycles. The van der Waals surface area contributed by atoms with Gasteiger partial charge in [0.1, 0.15) is 10.7 Å². The van der Waals surface area contributed by atoms with Gasteiger partial charge in [0.25, 0.3) is 5.91 Å². The number of halogens is 1. The Balaban J connectivity index is 1.49. The molecule has 1 fully saturated rings. The molecule has 0 aliphatic carbocycles. The second-order valence-corrected chi connectivity index (χ2v) is 9.44. The summed E-state index contributed by atoms with van der Waals surface area (Å²) in [6, 6.07) is 24.2. The van der Waals surface area contributed by atoms with Gasteiger partial charge in [-0.25, -0.2) is 9.38 Å². The van der Waals surface area contributed by atoms with Crippen molar-refractivity contribution in [1.82, 2.24) is 4.90 Å². The molecule has 0 saturated carbocycles. The lowest BCUT2D eigenvalue weighted by atomic mass is 10.1. The Morgan fingerprint density at radius 2 is 1.62 bits per heavy atom. The van der Waals surface area contributed by atoms with Crippen molar-refractivity contribution in [3.05, 3.63) is 100 Å². The molecule has 0 radical (unpaired) electrons. The molecule has 7 heteroatoms. The van der Waals surface area contributed by atoms with Crippen LogP contribution in [0.25, 0.3) is 0 Å². The van der Waals surface area contributed by atoms with Crippen LogP contribution in [0.3, 0.4) is 0 Å². The summed E-state index contributed by atoms with van der Waals surface area (Å²) in [7, 11) is 1.98. The first-order chi connectivity index (χ1) is 15.6. The predicted octanol–water partition coefficient (Wildman–Crippen LogP) is 6.04. The molecule has 0 aromatic heterocycles. The second-order valence-electron chi connectivity index (χ2n) is 7.43. The summed E-state index contributed by atoms with van der Waals surface area (Å²) in [6.07, 6.45) is 0.724. The van der Waals surface area contributed by atoms with Crippen molar-refractivity contribution in [2.75, 3.05) is 18.5 Å². The summed E-state index contributed by atoms with van der Waals surface area (Å²) in [4.78, 5) is 23.8. The maximum absolute atomic E-state index is 13.5. The van der Waals surface area contributed by atoms with Crippen molar-refractivity contribution in [2.24, 2.45) is 4.99 Å². The van der Waals surface area contributed by atoms with Crippen molar-refractivity contribution in [3.63, 3.8) is 0 Å². The first-order valence-electron chi connectivity index (χ1n) is 10.2. The van der Waals surface area contributed by atoms with E-state index in [1.807, 2.05) is 37.4 Å². The van der Waals surface area contributed by atoms with Crippen molar-refractivity contribution < 1.29 is 9.18 Å². The number of amides is 1. The van der Waals surface area contributed by atoms with Gasteiger partial charge in [0.05, 0.1) is 16.4 Å². The summed E-state index contributed by atoms with van der Waals surface area (Å²) in [5, 5.41) is 1.53. The molecular weight excluding hydrogens is 441 g/mol. The van der Waals surface area contributed by atoms with Crippen LogP contribution in [-0.4, -0.2) is 29.6 Å². The monoisotopic (exact) mass is 461 g/mol. The maximum atomic E-state index is 13.5. The van der Waals surface area contributed by atoms with Crippen molar-refractivity contribution in [3.8, 4) is 0 Å². The number of aliphatic imine (C=N–C) groups is 1. The summed E-state index contributed by atoms with van der Waals surface area (Å²) in [5.41, 5.74) is 2.87. The van der Waals surface area contributed by atoms with Crippen LogP contribution in [0, 0.1) is 5.82 Å². The van der Waals surface area contributed by atoms with E-state index in [-0.39, 0.29) is 11.7 Å². The minimum absolute atomic E-state index is 0.0473. The van der Waals surface area contributed by atoms with E-state index in [9.17, 15) is 9.18 Å². The molecule has 0 N–H and O–H groups in total. The molecular formula is C25H20FN3OS2. The summed E-state index contributed by atoms with van der Waals surface area (Å²) >= 11 is 2.99. The van der Waals surface area contributed by atoms with E-state index >= 15 is 0 Å². The number of anilines is 1. The largest absolute Gasteiger partial charge is 0.337 e. The van der Waals surface area contributed by atoms with E-state index < -0.39 is 0 Å². The van der Waals surface area contributed by atoms with Gasteiger partial charge in [-0.2, -0.15) is 0 Å². The molecule has 3 aromatic rings. The zero-order valence-corrected chi connectivity index (χ0v) is 19.0. The highest BCUT2D eigenvalue weighted by Crippen LogP contribution is 2.50. The third-order valence-electron chi connectivity index (χ3n) is 5.31. The Morgan fingerprint density at radius 3 is 2.38 bits per heavy atom. The fraction of sp³-hybridized carbons (Fsp3) is 0.120. The molecule has 0 unspecified atom stereocenters. The third-order valence-corrected chi connectivity index (χ3v) is 7.75. The normalized spacial score (nSPS) is 19.2. The van der Waals surface area contributed by atoms with Crippen LogP contribution in [0.1, 0.15) is 5.56 Å². The summed E-state index contributed by atoms with van der Waals surface area (Å²) < 4.78 is 13.4. The number of thioether (sulfide) groups is 2. The van der Waals surface area contributed by atoms with Gasteiger partial charge in [-0.3, -0.25) is 9.69 Å². The Morgan fingerprint density at radius 1 is 0.906 bits per heavy atom. The minimum Gasteiger partial charge on any atom is -0.337 e. The molecule has 1 amide bonds. The first-order valence-corrected chi connectivity index (χ1v) is 11.9. The molecule has 1 saturated heterocycles. The number of carbonyl (C=O) groups excluding carboxylic acids is 1. The zero-order valence-electron chi connectivity index (χ0n) is 17.4. The van der Waals surface area contributed by atoms with Crippen LogP contribution in [0.2, 0.25) is 0 Å². The van der Waals surface area contributed by atoms with E-state index in [2.05, 4.69) is 29.2 Å². The smallest absolute Gasteiger partial charge is 0.269 e. The number of benzene rings is 3. The lowest BCUT2D eigenvalue weighted by molar-refractivity contribution is -0.122. The average Bonchev–Trinajstić information content (AvgIpc) is 3.31. The van der Waals surface area contributed by atoms with Gasteiger partial charge >= 0.3 is 0 Å². The molecule has 32 heavy (non-hydrogen) atoms. The highest BCUT2D eigenvalue weighted by Gasteiger charge is 2.38. The van der Waals surface area contributed by atoms with Gasteiger partial charge in [-0.1, -0.05) is 54.2 Å². The van der Waals surface area contributed by atoms with Crippen LogP contribution in [0.15, 0.2) is 98.7 Å². The molecule has 5 rings (SSSR count). The lowest BCUT2D eigenvalue weighted by Crippen LogP contribution is -2.31. The SMILES string of the molecule is CN1C(=C2SC(=Nc3ccc(F)cc3)N(CCc3ccccc3)C2=O)Sc2ccccc21. The van der Waals surface area contributed by atoms with Crippen LogP contribution in [-0.2, 0) is 11.2 Å². The molecule has 2 heterocycles. The third kappa shape index (κ3) is 4.06. The number of carbonyl (C=O) groups is 1. The van der Waals surface area contributed by atoms with Gasteiger partial charge in [-0.15, -0.1) is 0 Å². The van der Waals surface area contributed by atoms with Gasteiger partial charge in [0, 0.05) is 18.5 Å². The van der Waals surface area contributed by atoms with E-state index in [1.165, 1.54) is 23.9 Å². The molecule has 2 aliphatic rings. The van der Waals surface area contributed by atoms with Crippen molar-refractivity contribution >= 4 is 46.0 Å². The number of hydrogen-bond acceptors (Lipinski definition) is 5. The minimum atomic E-state index is -0.311. The topological polar surface area (TPSA) is 35.9 Å². The Labute approximate surface area is 194 Å². The van der Waals surface area contributed by atoms with Crippen LogP contribution < -0.4 is 4.90 Å². The van der Waals surface area contributed by atoms with Crippen molar-refractivity contribution in [2.45, 2.75) is 11.3 Å². The van der Waals surface area contributed by atoms with E-state index in [0.29, 0.717) is 22.3 Å². The highest BCUT2D eigenvalue weighted by molar-refractivity contribution is 8.19. The standard InChI is InChI=1S/C25H20FN3OS2/c1-28-20-9-5-6-10-21(20)31-24(28)22-23(30)29(16-15-17-7-3-2-4-8-17)25(32-22)27-19-13-11-18(26)12-14-19/h2-14H,15-16H2,1H3. The number of fused-ring (bicyclic) bond motifs is 1. The van der Waals surface area contributed by atoms with Crippen LogP contribution in [0.5, 0.6) is 0 Å². The van der Waals surface area contributed by atoms with Gasteiger partial charge < -0.3 is 4.90 Å². The molecule has 160 valence electrons. The van der Waals surface area contributed by atoms with Gasteiger partial charge in [0.2, 0.25) is 0 Å². The Hall–Kier alpha value is -3.03. The summed E-state index contributed by atoms with van der Waals surface area (Å²) in [6.45, 7) is 0.522. The number of rotatable bonds is 4. The maximum Gasteiger partial charge on any atom is 0.269 e. The highest BCUT2D eigenvalue weighted by atomic mass is 32.2. The number of nitrogens with zero attached hydrogens (tertiary/aromatic N) is 3. The van der Waals surface area contributed by atoms with E-state index in [0.717, 1.165) is 27.6 Å². The number of para-hydroxylation sites is 1. The molecule has 0 bridgehead atoms. The molecule has 2 aliphatic heterocycles. The number of amidine groups is 1. The lowest BCUT2D eigenvalue weighted by Gasteiger charge is -2.16. The van der Waals surface area contributed by atoms with Gasteiger partial charge in [-0.05, 0) is 60.1 Å². The van der Waals surface area contributed by atoms with E-state index in [1.54, 1.807) is 28.8 Å². The quantitative estimate of drug-likeness (QED) is 0.444. The fourth-order valence-corrected chi connectivity index (χ4v) is 6.00. The summed E-state index contributed by atoms with van der Waals surface area (Å²) in [5.74, 6) is -0.358. The van der Waals surface area contributed by atoms with Gasteiger partial charge in [0.15, 0.2) is 5.17 Å². The average molecular weight is 462 g/mol. The van der Waals surface area contributed by atoms with Crippen molar-refractivity contribution in [1.29, 1.82) is 0 Å². The first kappa shape index (κ1) is 20.8. The number of hydrogen-bond donors (Lipinski definition) is 0. The molecule has 4 nitrogen and oxygen atoms in total. The fourth-order valence-electron chi connectivity index (χ4n) is 3.63. The zero-order chi connectivity index (χ0) is 22.1. The van der Waals surface area contributed by atoms with E-state index in [4.69, 9.17) is 4.99 Å². The molecule has 0 spiro atoms. The Kier molecular flexibility index (Phi) is 5.76. The second kappa shape index (κ2) is 8.84. The van der Waals surface area contributed by atoms with Crippen LogP contribution in [0.4, 0.5) is 15.8 Å². The molecule has 0 atom stereocenters. The Bertz CT molecular complexity index is 1230. The van der Waals surface area contributed by atoms with Crippen LogP contribution >= 0.6 is 23.5 Å².